The molecule has 0 aliphatic heterocycles. The number of nitrogens with zero attached hydrogens (tertiary/aromatic N) is 2. The summed E-state index contributed by atoms with van der Waals surface area (Å²) < 4.78 is 1.43. The Morgan fingerprint density at radius 2 is 1.57 bits per heavy atom. The zero-order valence-electron chi connectivity index (χ0n) is 20.3. The molecule has 0 bridgehead atoms. The number of rotatable bonds is 6. The normalized spacial score (nSPS) is 11.0. The Kier molecular flexibility index (Phi) is 6.78. The Morgan fingerprint density at radius 1 is 0.886 bits per heavy atom. The van der Waals surface area contributed by atoms with E-state index in [0.717, 1.165) is 11.1 Å². The molecule has 3 aromatic carbocycles. The number of benzene rings is 3. The van der Waals surface area contributed by atoms with E-state index in [-0.39, 0.29) is 30.0 Å². The number of hydrogen-bond acceptors (Lipinski definition) is 4. The van der Waals surface area contributed by atoms with Gasteiger partial charge in [-0.1, -0.05) is 56.3 Å². The fourth-order valence-corrected chi connectivity index (χ4v) is 3.82. The van der Waals surface area contributed by atoms with Crippen LogP contribution in [0.4, 0.5) is 11.4 Å². The summed E-state index contributed by atoms with van der Waals surface area (Å²) in [7, 11) is 0. The number of para-hydroxylation sites is 3. The van der Waals surface area contributed by atoms with Crippen molar-refractivity contribution in [2.75, 3.05) is 10.6 Å². The van der Waals surface area contributed by atoms with E-state index in [4.69, 9.17) is 0 Å². The van der Waals surface area contributed by atoms with Crippen LogP contribution in [0, 0.1) is 19.8 Å². The van der Waals surface area contributed by atoms with Crippen LogP contribution in [-0.2, 0) is 16.1 Å². The monoisotopic (exact) mass is 468 g/mol. The van der Waals surface area contributed by atoms with Crippen LogP contribution in [0.25, 0.3) is 22.3 Å². The van der Waals surface area contributed by atoms with Gasteiger partial charge in [0.1, 0.15) is 12.2 Å². The van der Waals surface area contributed by atoms with Gasteiger partial charge >= 0.3 is 0 Å². The topological polar surface area (TPSA) is 93.1 Å². The molecular weight excluding hydrogens is 440 g/mol. The molecule has 0 fully saturated rings. The Morgan fingerprint density at radius 3 is 2.34 bits per heavy atom. The van der Waals surface area contributed by atoms with Gasteiger partial charge in [0.05, 0.1) is 16.7 Å². The first-order valence-corrected chi connectivity index (χ1v) is 11.5. The van der Waals surface area contributed by atoms with Crippen molar-refractivity contribution in [1.29, 1.82) is 0 Å². The largest absolute Gasteiger partial charge is 0.325 e. The Balaban J connectivity index is 1.79. The lowest BCUT2D eigenvalue weighted by molar-refractivity contribution is -0.119. The molecule has 2 N–H and O–H groups in total. The lowest BCUT2D eigenvalue weighted by Crippen LogP contribution is -2.30. The lowest BCUT2D eigenvalue weighted by Gasteiger charge is -2.16. The van der Waals surface area contributed by atoms with Crippen molar-refractivity contribution in [2.24, 2.45) is 5.92 Å². The van der Waals surface area contributed by atoms with Gasteiger partial charge in [0, 0.05) is 17.2 Å². The van der Waals surface area contributed by atoms with E-state index in [9.17, 15) is 14.4 Å². The maximum absolute atomic E-state index is 13.7. The number of aromatic nitrogens is 2. The number of hydrogen-bond donors (Lipinski definition) is 2. The molecule has 1 aromatic heterocycles. The summed E-state index contributed by atoms with van der Waals surface area (Å²) in [4.78, 5) is 43.7. The summed E-state index contributed by atoms with van der Waals surface area (Å²) in [5.74, 6) is -0.700. The van der Waals surface area contributed by atoms with Crippen molar-refractivity contribution < 1.29 is 9.59 Å². The fraction of sp³-hybridized carbons (Fsp3) is 0.214. The number of carbonyl (C=O) groups excluding carboxylic acids is 2. The zero-order chi connectivity index (χ0) is 25.1. The SMILES string of the molecule is Cc1cccc(NC(=O)Cn2c(=O)c(-c3ccccc3NC(=O)C(C)C)nc3ccccc32)c1C. The average molecular weight is 469 g/mol. The second-order valence-electron chi connectivity index (χ2n) is 8.83. The van der Waals surface area contributed by atoms with Gasteiger partial charge < -0.3 is 10.6 Å². The van der Waals surface area contributed by atoms with E-state index in [1.807, 2.05) is 38.1 Å². The highest BCUT2D eigenvalue weighted by atomic mass is 16.2. The molecule has 4 rings (SSSR count). The highest BCUT2D eigenvalue weighted by Crippen LogP contribution is 2.26. The standard InChI is InChI=1S/C28H28N4O3/c1-17(2)27(34)31-22-12-6-5-11-20(22)26-28(35)32(24-15-8-7-13-23(24)30-26)16-25(33)29-21-14-9-10-18(3)19(21)4/h5-15,17H,16H2,1-4H3,(H,29,33)(H,31,34). The van der Waals surface area contributed by atoms with Crippen LogP contribution in [0.5, 0.6) is 0 Å². The molecule has 0 aliphatic carbocycles. The summed E-state index contributed by atoms with van der Waals surface area (Å²) in [5.41, 5.74) is 4.64. The number of aryl methyl sites for hydroxylation is 1. The highest BCUT2D eigenvalue weighted by molar-refractivity contribution is 5.96. The maximum atomic E-state index is 13.7. The van der Waals surface area contributed by atoms with Gasteiger partial charge in [-0.05, 0) is 49.2 Å². The fourth-order valence-electron chi connectivity index (χ4n) is 3.82. The molecular formula is C28H28N4O3. The molecule has 2 amide bonds. The molecule has 35 heavy (non-hydrogen) atoms. The minimum Gasteiger partial charge on any atom is -0.325 e. The molecule has 0 spiro atoms. The molecule has 0 saturated heterocycles. The quantitative estimate of drug-likeness (QED) is 0.420. The maximum Gasteiger partial charge on any atom is 0.278 e. The van der Waals surface area contributed by atoms with Crippen LogP contribution in [0.2, 0.25) is 0 Å². The second kappa shape index (κ2) is 9.93. The van der Waals surface area contributed by atoms with Crippen LogP contribution in [0.3, 0.4) is 0 Å². The summed E-state index contributed by atoms with van der Waals surface area (Å²) in [5, 5.41) is 5.81. The number of amides is 2. The molecule has 0 atom stereocenters. The Hall–Kier alpha value is -4.26. The first-order chi connectivity index (χ1) is 16.8. The molecule has 0 aliphatic rings. The van der Waals surface area contributed by atoms with Crippen molar-refractivity contribution in [1.82, 2.24) is 9.55 Å². The molecule has 1 heterocycles. The van der Waals surface area contributed by atoms with Crippen LogP contribution in [0.15, 0.2) is 71.5 Å². The van der Waals surface area contributed by atoms with Crippen molar-refractivity contribution in [3.63, 3.8) is 0 Å². The van der Waals surface area contributed by atoms with E-state index >= 15 is 0 Å². The van der Waals surface area contributed by atoms with Crippen molar-refractivity contribution in [3.05, 3.63) is 88.2 Å². The lowest BCUT2D eigenvalue weighted by atomic mass is 10.1. The van der Waals surface area contributed by atoms with E-state index in [2.05, 4.69) is 15.6 Å². The predicted octanol–water partition coefficient (Wildman–Crippen LogP) is 4.91. The van der Waals surface area contributed by atoms with Gasteiger partial charge in [-0.15, -0.1) is 0 Å². The highest BCUT2D eigenvalue weighted by Gasteiger charge is 2.19. The molecule has 0 unspecified atom stereocenters. The Bertz CT molecular complexity index is 1490. The third kappa shape index (κ3) is 4.99. The number of carbonyl (C=O) groups is 2. The average Bonchev–Trinajstić information content (AvgIpc) is 2.84. The number of fused-ring (bicyclic) bond motifs is 1. The van der Waals surface area contributed by atoms with Crippen molar-refractivity contribution >= 4 is 34.2 Å². The first kappa shape index (κ1) is 23.9. The third-order valence-electron chi connectivity index (χ3n) is 6.00. The molecule has 0 saturated carbocycles. The van der Waals surface area contributed by atoms with Crippen LogP contribution in [0.1, 0.15) is 25.0 Å². The second-order valence-corrected chi connectivity index (χ2v) is 8.83. The summed E-state index contributed by atoms with van der Waals surface area (Å²) in [6, 6.07) is 20.0. The Labute approximate surface area is 203 Å². The van der Waals surface area contributed by atoms with Gasteiger partial charge in [-0.3, -0.25) is 19.0 Å². The first-order valence-electron chi connectivity index (χ1n) is 11.5. The minimum atomic E-state index is -0.411. The van der Waals surface area contributed by atoms with Crippen LogP contribution in [-0.4, -0.2) is 21.4 Å². The smallest absolute Gasteiger partial charge is 0.278 e. The van der Waals surface area contributed by atoms with Crippen molar-refractivity contribution in [3.8, 4) is 11.3 Å². The summed E-state index contributed by atoms with van der Waals surface area (Å²) in [6.45, 7) is 7.34. The zero-order valence-corrected chi connectivity index (χ0v) is 20.3. The predicted molar refractivity (Wildman–Crippen MR) is 139 cm³/mol. The van der Waals surface area contributed by atoms with Crippen LogP contribution >= 0.6 is 0 Å². The molecule has 178 valence electrons. The molecule has 4 aromatic rings. The summed E-state index contributed by atoms with van der Waals surface area (Å²) in [6.07, 6.45) is 0. The van der Waals surface area contributed by atoms with E-state index in [1.165, 1.54) is 4.57 Å². The van der Waals surface area contributed by atoms with Crippen LogP contribution < -0.4 is 16.2 Å². The molecule has 7 nitrogen and oxygen atoms in total. The van der Waals surface area contributed by atoms with E-state index < -0.39 is 5.56 Å². The molecule has 7 heteroatoms. The van der Waals surface area contributed by atoms with Gasteiger partial charge in [-0.2, -0.15) is 0 Å². The number of nitrogens with one attached hydrogen (secondary N) is 2. The molecule has 0 radical (unpaired) electrons. The summed E-state index contributed by atoms with van der Waals surface area (Å²) >= 11 is 0. The van der Waals surface area contributed by atoms with Gasteiger partial charge in [0.2, 0.25) is 11.8 Å². The third-order valence-corrected chi connectivity index (χ3v) is 6.00. The van der Waals surface area contributed by atoms with E-state index in [0.29, 0.717) is 28.0 Å². The van der Waals surface area contributed by atoms with Crippen molar-refractivity contribution in [2.45, 2.75) is 34.2 Å². The van der Waals surface area contributed by atoms with Gasteiger partial charge in [0.15, 0.2) is 0 Å². The van der Waals surface area contributed by atoms with Gasteiger partial charge in [-0.25, -0.2) is 4.98 Å². The number of anilines is 2. The van der Waals surface area contributed by atoms with E-state index in [1.54, 1.807) is 56.3 Å². The minimum absolute atomic E-state index is 0.161. The van der Waals surface area contributed by atoms with Gasteiger partial charge in [0.25, 0.3) is 5.56 Å².